The second-order valence-electron chi connectivity index (χ2n) is 5.95. The quantitative estimate of drug-likeness (QED) is 0.676. The Bertz CT molecular complexity index is 898. The molecule has 2 aromatic rings. The summed E-state index contributed by atoms with van der Waals surface area (Å²) in [5.41, 5.74) is 1.72. The smallest absolute Gasteiger partial charge is 0.276 e. The second kappa shape index (κ2) is 7.76. The number of fused-ring (bicyclic) bond motifs is 1. The molecule has 2 aromatic carbocycles. The van der Waals surface area contributed by atoms with Gasteiger partial charge in [-0.05, 0) is 42.8 Å². The molecule has 1 aliphatic rings. The Balaban J connectivity index is 1.94. The van der Waals surface area contributed by atoms with Crippen molar-refractivity contribution >= 4 is 69.6 Å². The minimum atomic E-state index is -2.10. The first kappa shape index (κ1) is 20.1. The molecular formula is C18H14Cl4N2O3. The van der Waals surface area contributed by atoms with Crippen molar-refractivity contribution in [1.82, 2.24) is 0 Å². The van der Waals surface area contributed by atoms with E-state index in [-0.39, 0.29) is 5.91 Å². The van der Waals surface area contributed by atoms with Crippen molar-refractivity contribution < 1.29 is 14.3 Å². The van der Waals surface area contributed by atoms with Crippen LogP contribution in [0, 0.1) is 0 Å². The van der Waals surface area contributed by atoms with Crippen LogP contribution >= 0.6 is 46.4 Å². The molecule has 0 radical (unpaired) electrons. The molecule has 0 fully saturated rings. The van der Waals surface area contributed by atoms with E-state index in [1.807, 2.05) is 12.1 Å². The Hall–Kier alpha value is -1.66. The topological polar surface area (TPSA) is 58.6 Å². The fourth-order valence-electron chi connectivity index (χ4n) is 2.67. The van der Waals surface area contributed by atoms with Crippen molar-refractivity contribution in [3.8, 4) is 5.75 Å². The number of alkyl halides is 3. The van der Waals surface area contributed by atoms with E-state index in [0.29, 0.717) is 28.7 Å². The Morgan fingerprint density at radius 3 is 2.63 bits per heavy atom. The Kier molecular flexibility index (Phi) is 5.77. The van der Waals surface area contributed by atoms with Crippen LogP contribution in [0.2, 0.25) is 5.02 Å². The van der Waals surface area contributed by atoms with Gasteiger partial charge in [-0.15, -0.1) is 0 Å². The first-order chi connectivity index (χ1) is 12.6. The van der Waals surface area contributed by atoms with Gasteiger partial charge in [0.25, 0.3) is 15.6 Å². The van der Waals surface area contributed by atoms with Crippen LogP contribution in [0.15, 0.2) is 42.5 Å². The predicted molar refractivity (Wildman–Crippen MR) is 108 cm³/mol. The number of benzene rings is 2. The minimum Gasteiger partial charge on any atom is -0.479 e. The van der Waals surface area contributed by atoms with E-state index < -0.39 is 15.8 Å². The van der Waals surface area contributed by atoms with Gasteiger partial charge in [0.1, 0.15) is 5.75 Å². The largest absolute Gasteiger partial charge is 0.479 e. The standard InChI is InChI=1S/C18H14Cl4N2O3/c1-10-16(25)24(9-11-3-2-4-12(19)7-11)14-8-13(5-6-15(14)27-10)23-17(26)18(20,21)22/h2-8,10H,9H2,1H3,(H,23,26). The SMILES string of the molecule is CC1Oc2ccc(NC(=O)C(Cl)(Cl)Cl)cc2N(Cc2cccc(Cl)c2)C1=O. The summed E-state index contributed by atoms with van der Waals surface area (Å²) in [5, 5.41) is 3.08. The molecule has 1 atom stereocenters. The number of amides is 2. The van der Waals surface area contributed by atoms with Crippen LogP contribution in [0.4, 0.5) is 11.4 Å². The molecular weight excluding hydrogens is 434 g/mol. The summed E-state index contributed by atoms with van der Waals surface area (Å²) in [7, 11) is 0. The zero-order valence-electron chi connectivity index (χ0n) is 14.0. The van der Waals surface area contributed by atoms with Gasteiger partial charge in [-0.3, -0.25) is 9.59 Å². The lowest BCUT2D eigenvalue weighted by Gasteiger charge is -2.33. The van der Waals surface area contributed by atoms with Crippen molar-refractivity contribution in [3.63, 3.8) is 0 Å². The molecule has 0 saturated carbocycles. The van der Waals surface area contributed by atoms with Gasteiger partial charge in [-0.2, -0.15) is 0 Å². The molecule has 1 aliphatic heterocycles. The van der Waals surface area contributed by atoms with Gasteiger partial charge in [0.05, 0.1) is 12.2 Å². The number of anilines is 2. The van der Waals surface area contributed by atoms with Crippen LogP contribution in [-0.4, -0.2) is 21.7 Å². The summed E-state index contributed by atoms with van der Waals surface area (Å²) in [5.74, 6) is -0.506. The highest BCUT2D eigenvalue weighted by atomic mass is 35.6. The van der Waals surface area contributed by atoms with Gasteiger partial charge in [-0.1, -0.05) is 58.5 Å². The molecule has 0 spiro atoms. The van der Waals surface area contributed by atoms with E-state index in [4.69, 9.17) is 51.1 Å². The van der Waals surface area contributed by atoms with E-state index in [9.17, 15) is 9.59 Å². The maximum Gasteiger partial charge on any atom is 0.276 e. The van der Waals surface area contributed by atoms with Crippen LogP contribution in [-0.2, 0) is 16.1 Å². The average molecular weight is 448 g/mol. The van der Waals surface area contributed by atoms with Gasteiger partial charge in [-0.25, -0.2) is 0 Å². The summed E-state index contributed by atoms with van der Waals surface area (Å²) in [6.45, 7) is 1.97. The molecule has 0 aliphatic carbocycles. The van der Waals surface area contributed by atoms with Crippen LogP contribution in [0.25, 0.3) is 0 Å². The molecule has 1 heterocycles. The minimum absolute atomic E-state index is 0.215. The normalized spacial score (nSPS) is 16.6. The van der Waals surface area contributed by atoms with E-state index in [1.54, 1.807) is 42.2 Å². The van der Waals surface area contributed by atoms with Gasteiger partial charge in [0.2, 0.25) is 0 Å². The van der Waals surface area contributed by atoms with Crippen LogP contribution in [0.3, 0.4) is 0 Å². The molecule has 3 rings (SSSR count). The van der Waals surface area contributed by atoms with E-state index in [0.717, 1.165) is 5.56 Å². The highest BCUT2D eigenvalue weighted by Gasteiger charge is 2.33. The maximum atomic E-state index is 12.7. The Morgan fingerprint density at radius 2 is 1.96 bits per heavy atom. The lowest BCUT2D eigenvalue weighted by molar-refractivity contribution is -0.125. The molecule has 5 nitrogen and oxygen atoms in total. The van der Waals surface area contributed by atoms with Crippen molar-refractivity contribution in [2.45, 2.75) is 23.4 Å². The number of nitrogens with one attached hydrogen (secondary N) is 1. The van der Waals surface area contributed by atoms with Crippen molar-refractivity contribution in [2.24, 2.45) is 0 Å². The molecule has 0 saturated heterocycles. The zero-order chi connectivity index (χ0) is 19.8. The van der Waals surface area contributed by atoms with Gasteiger partial charge >= 0.3 is 0 Å². The molecule has 0 aromatic heterocycles. The fraction of sp³-hybridized carbons (Fsp3) is 0.222. The molecule has 0 bridgehead atoms. The van der Waals surface area contributed by atoms with Gasteiger partial charge in [0, 0.05) is 10.7 Å². The van der Waals surface area contributed by atoms with Gasteiger partial charge < -0.3 is 15.0 Å². The van der Waals surface area contributed by atoms with Crippen LogP contribution < -0.4 is 15.0 Å². The summed E-state index contributed by atoms with van der Waals surface area (Å²) < 4.78 is 3.55. The zero-order valence-corrected chi connectivity index (χ0v) is 17.0. The number of nitrogens with zero attached hydrogens (tertiary/aromatic N) is 1. The molecule has 1 unspecified atom stereocenters. The summed E-state index contributed by atoms with van der Waals surface area (Å²) in [6, 6.07) is 12.1. The maximum absolute atomic E-state index is 12.7. The molecule has 27 heavy (non-hydrogen) atoms. The highest BCUT2D eigenvalue weighted by Crippen LogP contribution is 2.38. The number of hydrogen-bond donors (Lipinski definition) is 1. The predicted octanol–water partition coefficient (Wildman–Crippen LogP) is 4.96. The van der Waals surface area contributed by atoms with Crippen molar-refractivity contribution in [1.29, 1.82) is 0 Å². The third-order valence-corrected chi connectivity index (χ3v) is 4.66. The number of hydrogen-bond acceptors (Lipinski definition) is 3. The number of carbonyl (C=O) groups excluding carboxylic acids is 2. The third-order valence-electron chi connectivity index (χ3n) is 3.91. The first-order valence-electron chi connectivity index (χ1n) is 7.90. The lowest BCUT2D eigenvalue weighted by atomic mass is 10.1. The number of carbonyl (C=O) groups is 2. The van der Waals surface area contributed by atoms with E-state index in [1.165, 1.54) is 0 Å². The average Bonchev–Trinajstić information content (AvgIpc) is 2.58. The third kappa shape index (κ3) is 4.61. The Labute approximate surface area is 176 Å². The first-order valence-corrected chi connectivity index (χ1v) is 9.41. The van der Waals surface area contributed by atoms with Gasteiger partial charge in [0.15, 0.2) is 6.10 Å². The summed E-state index contributed by atoms with van der Waals surface area (Å²) in [4.78, 5) is 26.2. The molecule has 142 valence electrons. The number of ether oxygens (including phenoxy) is 1. The van der Waals surface area contributed by atoms with E-state index in [2.05, 4.69) is 5.32 Å². The highest BCUT2D eigenvalue weighted by molar-refractivity contribution is 6.76. The lowest BCUT2D eigenvalue weighted by Crippen LogP contribution is -2.44. The summed E-state index contributed by atoms with van der Waals surface area (Å²) >= 11 is 22.8. The monoisotopic (exact) mass is 446 g/mol. The molecule has 2 amide bonds. The second-order valence-corrected chi connectivity index (χ2v) is 8.67. The van der Waals surface area contributed by atoms with Crippen LogP contribution in [0.1, 0.15) is 12.5 Å². The number of rotatable bonds is 3. The van der Waals surface area contributed by atoms with Crippen molar-refractivity contribution in [2.75, 3.05) is 10.2 Å². The van der Waals surface area contributed by atoms with Crippen LogP contribution in [0.5, 0.6) is 5.75 Å². The summed E-state index contributed by atoms with van der Waals surface area (Å²) in [6.07, 6.45) is -0.640. The number of halogens is 4. The molecule has 9 heteroatoms. The molecule has 1 N–H and O–H groups in total. The Morgan fingerprint density at radius 1 is 1.22 bits per heavy atom. The fourth-order valence-corrected chi connectivity index (χ4v) is 3.02. The van der Waals surface area contributed by atoms with E-state index >= 15 is 0 Å². The van der Waals surface area contributed by atoms with Crippen molar-refractivity contribution in [3.05, 3.63) is 53.1 Å².